The molecule has 3 heterocycles. The zero-order valence-corrected chi connectivity index (χ0v) is 13.0. The Bertz CT molecular complexity index is 615. The predicted molar refractivity (Wildman–Crippen MR) is 82.5 cm³/mol. The molecule has 7 nitrogen and oxygen atoms in total. The monoisotopic (exact) mass is 303 g/mol. The van der Waals surface area contributed by atoms with Crippen LogP contribution in [0, 0.1) is 0 Å². The van der Waals surface area contributed by atoms with Crippen molar-refractivity contribution < 1.29 is 9.26 Å². The average molecular weight is 303 g/mol. The van der Waals surface area contributed by atoms with E-state index in [1.807, 2.05) is 12.1 Å². The molecule has 0 aliphatic carbocycles. The molecule has 1 fully saturated rings. The predicted octanol–water partition coefficient (Wildman–Crippen LogP) is 1.96. The van der Waals surface area contributed by atoms with Gasteiger partial charge in [0.15, 0.2) is 0 Å². The van der Waals surface area contributed by atoms with Crippen molar-refractivity contribution in [1.82, 2.24) is 20.0 Å². The molecule has 7 heteroatoms. The molecular formula is C15H21N5O2. The highest BCUT2D eigenvalue weighted by Gasteiger charge is 2.27. The minimum atomic E-state index is 0.238. The van der Waals surface area contributed by atoms with Crippen molar-refractivity contribution in [2.45, 2.75) is 18.9 Å². The molecule has 1 N–H and O–H groups in total. The van der Waals surface area contributed by atoms with Crippen LogP contribution in [0.5, 0.6) is 0 Å². The summed E-state index contributed by atoms with van der Waals surface area (Å²) in [6.45, 7) is 2.41. The molecule has 0 aromatic carbocycles. The lowest BCUT2D eigenvalue weighted by Crippen LogP contribution is -2.17. The Balaban J connectivity index is 1.74. The SMILES string of the molecule is COCCNc1cc(-c2noc([C@@H]3CCCN3C)n2)ccn1. The molecule has 0 spiro atoms. The maximum Gasteiger partial charge on any atom is 0.244 e. The lowest BCUT2D eigenvalue weighted by molar-refractivity contribution is 0.210. The molecule has 1 atom stereocenters. The molecule has 22 heavy (non-hydrogen) atoms. The van der Waals surface area contributed by atoms with Gasteiger partial charge < -0.3 is 14.6 Å². The van der Waals surface area contributed by atoms with Gasteiger partial charge in [-0.25, -0.2) is 4.98 Å². The molecular weight excluding hydrogens is 282 g/mol. The summed E-state index contributed by atoms with van der Waals surface area (Å²) in [6.07, 6.45) is 3.97. The minimum Gasteiger partial charge on any atom is -0.383 e. The van der Waals surface area contributed by atoms with E-state index in [0.717, 1.165) is 24.3 Å². The lowest BCUT2D eigenvalue weighted by atomic mass is 10.2. The summed E-state index contributed by atoms with van der Waals surface area (Å²) in [5, 5.41) is 7.30. The van der Waals surface area contributed by atoms with Gasteiger partial charge in [-0.2, -0.15) is 4.98 Å². The minimum absolute atomic E-state index is 0.238. The van der Waals surface area contributed by atoms with E-state index in [0.29, 0.717) is 24.9 Å². The Morgan fingerprint density at radius 1 is 1.50 bits per heavy atom. The Hall–Kier alpha value is -1.99. The normalized spacial score (nSPS) is 18.7. The molecule has 3 rings (SSSR count). The number of methoxy groups -OCH3 is 1. The van der Waals surface area contributed by atoms with Gasteiger partial charge >= 0.3 is 0 Å². The number of hydrogen-bond acceptors (Lipinski definition) is 7. The molecule has 1 aliphatic rings. The molecule has 0 radical (unpaired) electrons. The van der Waals surface area contributed by atoms with Crippen molar-refractivity contribution >= 4 is 5.82 Å². The van der Waals surface area contributed by atoms with E-state index in [4.69, 9.17) is 9.26 Å². The van der Waals surface area contributed by atoms with Crippen LogP contribution in [0.1, 0.15) is 24.8 Å². The van der Waals surface area contributed by atoms with Crippen LogP contribution in [-0.2, 0) is 4.74 Å². The zero-order chi connectivity index (χ0) is 15.4. The number of ether oxygens (including phenoxy) is 1. The van der Waals surface area contributed by atoms with E-state index in [2.05, 4.69) is 32.4 Å². The summed E-state index contributed by atoms with van der Waals surface area (Å²) in [5.41, 5.74) is 0.894. The highest BCUT2D eigenvalue weighted by molar-refractivity contribution is 5.58. The van der Waals surface area contributed by atoms with Gasteiger partial charge in [-0.1, -0.05) is 5.16 Å². The van der Waals surface area contributed by atoms with Gasteiger partial charge in [0.05, 0.1) is 12.6 Å². The van der Waals surface area contributed by atoms with E-state index in [9.17, 15) is 0 Å². The van der Waals surface area contributed by atoms with E-state index in [-0.39, 0.29) is 6.04 Å². The molecule has 118 valence electrons. The van der Waals surface area contributed by atoms with E-state index >= 15 is 0 Å². The number of pyridine rings is 1. The summed E-state index contributed by atoms with van der Waals surface area (Å²) in [4.78, 5) is 11.1. The van der Waals surface area contributed by atoms with Crippen LogP contribution in [0.2, 0.25) is 0 Å². The summed E-state index contributed by atoms with van der Waals surface area (Å²) in [7, 11) is 3.76. The number of hydrogen-bond donors (Lipinski definition) is 1. The highest BCUT2D eigenvalue weighted by atomic mass is 16.5. The Labute approximate surface area is 129 Å². The Kier molecular flexibility index (Phi) is 4.65. The molecule has 1 saturated heterocycles. The van der Waals surface area contributed by atoms with E-state index < -0.39 is 0 Å². The highest BCUT2D eigenvalue weighted by Crippen LogP contribution is 2.30. The van der Waals surface area contributed by atoms with Crippen molar-refractivity contribution in [3.05, 3.63) is 24.2 Å². The van der Waals surface area contributed by atoms with Gasteiger partial charge in [0.25, 0.3) is 0 Å². The van der Waals surface area contributed by atoms with Crippen molar-refractivity contribution in [3.63, 3.8) is 0 Å². The number of rotatable bonds is 6. The maximum atomic E-state index is 5.45. The first-order chi connectivity index (χ1) is 10.8. The number of nitrogens with zero attached hydrogens (tertiary/aromatic N) is 4. The smallest absolute Gasteiger partial charge is 0.244 e. The summed E-state index contributed by atoms with van der Waals surface area (Å²) < 4.78 is 10.5. The number of likely N-dealkylation sites (tertiary alicyclic amines) is 1. The molecule has 0 bridgehead atoms. The van der Waals surface area contributed by atoms with Crippen LogP contribution in [0.15, 0.2) is 22.9 Å². The van der Waals surface area contributed by atoms with Crippen LogP contribution < -0.4 is 5.32 Å². The van der Waals surface area contributed by atoms with Crippen LogP contribution in [0.3, 0.4) is 0 Å². The second kappa shape index (κ2) is 6.85. The topological polar surface area (TPSA) is 76.3 Å². The fraction of sp³-hybridized carbons (Fsp3) is 0.533. The first-order valence-electron chi connectivity index (χ1n) is 7.51. The fourth-order valence-electron chi connectivity index (χ4n) is 2.66. The van der Waals surface area contributed by atoms with Crippen molar-refractivity contribution in [1.29, 1.82) is 0 Å². The summed E-state index contributed by atoms with van der Waals surface area (Å²) >= 11 is 0. The zero-order valence-electron chi connectivity index (χ0n) is 13.0. The van der Waals surface area contributed by atoms with Gasteiger partial charge in [0, 0.05) is 25.4 Å². The van der Waals surface area contributed by atoms with Crippen molar-refractivity contribution in [3.8, 4) is 11.4 Å². The van der Waals surface area contributed by atoms with Crippen molar-refractivity contribution in [2.75, 3.05) is 39.2 Å². The molecule has 2 aromatic rings. The summed E-state index contributed by atoms with van der Waals surface area (Å²) in [6, 6.07) is 4.04. The number of anilines is 1. The molecule has 0 amide bonds. The number of nitrogens with one attached hydrogen (secondary N) is 1. The molecule has 1 aliphatic heterocycles. The number of aromatic nitrogens is 3. The third-order valence-corrected chi connectivity index (χ3v) is 3.88. The van der Waals surface area contributed by atoms with Gasteiger partial charge in [0.2, 0.25) is 11.7 Å². The largest absolute Gasteiger partial charge is 0.383 e. The van der Waals surface area contributed by atoms with Crippen LogP contribution >= 0.6 is 0 Å². The first kappa shape index (κ1) is 14.9. The lowest BCUT2D eigenvalue weighted by Gasteiger charge is -2.14. The standard InChI is InChI=1S/C15H21N5O2/c1-20-8-3-4-12(20)15-18-14(19-22-15)11-5-6-16-13(10-11)17-7-9-21-2/h5-6,10,12H,3-4,7-9H2,1-2H3,(H,16,17)/t12-/m0/s1. The average Bonchev–Trinajstić information content (AvgIpc) is 3.16. The van der Waals surface area contributed by atoms with Crippen LogP contribution in [0.4, 0.5) is 5.82 Å². The second-order valence-corrected chi connectivity index (χ2v) is 5.44. The molecule has 0 unspecified atom stereocenters. The Morgan fingerprint density at radius 2 is 2.41 bits per heavy atom. The van der Waals surface area contributed by atoms with E-state index in [1.54, 1.807) is 13.3 Å². The third kappa shape index (κ3) is 3.26. The maximum absolute atomic E-state index is 5.45. The summed E-state index contributed by atoms with van der Waals surface area (Å²) in [5.74, 6) is 2.08. The molecule has 0 saturated carbocycles. The Morgan fingerprint density at radius 3 is 3.18 bits per heavy atom. The van der Waals surface area contributed by atoms with Crippen LogP contribution in [0.25, 0.3) is 11.4 Å². The molecule has 2 aromatic heterocycles. The quantitative estimate of drug-likeness (QED) is 0.817. The van der Waals surface area contributed by atoms with Gasteiger partial charge in [0.1, 0.15) is 5.82 Å². The van der Waals surface area contributed by atoms with Crippen LogP contribution in [-0.4, -0.2) is 53.9 Å². The van der Waals surface area contributed by atoms with Gasteiger partial charge in [-0.15, -0.1) is 0 Å². The van der Waals surface area contributed by atoms with E-state index in [1.165, 1.54) is 6.42 Å². The fourth-order valence-corrected chi connectivity index (χ4v) is 2.66. The second-order valence-electron chi connectivity index (χ2n) is 5.44. The van der Waals surface area contributed by atoms with Gasteiger partial charge in [-0.3, -0.25) is 4.90 Å². The van der Waals surface area contributed by atoms with Gasteiger partial charge in [-0.05, 0) is 38.6 Å². The van der Waals surface area contributed by atoms with Crippen molar-refractivity contribution in [2.24, 2.45) is 0 Å². The third-order valence-electron chi connectivity index (χ3n) is 3.88. The first-order valence-corrected chi connectivity index (χ1v) is 7.51.